The van der Waals surface area contributed by atoms with Gasteiger partial charge in [-0.3, -0.25) is 13.9 Å². The van der Waals surface area contributed by atoms with Gasteiger partial charge in [-0.15, -0.1) is 0 Å². The Morgan fingerprint density at radius 3 is 2.64 bits per heavy atom. The van der Waals surface area contributed by atoms with Crippen LogP contribution >= 0.6 is 7.60 Å². The lowest BCUT2D eigenvalue weighted by molar-refractivity contribution is 0.354. The Labute approximate surface area is 145 Å². The SMILES string of the molecule is Cn1c(=O)ccc2c(N3CCC(CCCP(=O)(O)O)CC3)ncnc21. The quantitative estimate of drug-likeness (QED) is 0.772. The molecule has 0 spiro atoms. The Balaban J connectivity index is 1.67. The van der Waals surface area contributed by atoms with Crippen molar-refractivity contribution in [1.29, 1.82) is 0 Å². The molecule has 0 bridgehead atoms. The number of aromatic nitrogens is 3. The third kappa shape index (κ3) is 4.26. The molecule has 1 fully saturated rings. The van der Waals surface area contributed by atoms with Gasteiger partial charge in [-0.1, -0.05) is 0 Å². The molecule has 2 aromatic heterocycles. The predicted molar refractivity (Wildman–Crippen MR) is 95.9 cm³/mol. The van der Waals surface area contributed by atoms with Gasteiger partial charge in [0.1, 0.15) is 17.8 Å². The molecule has 3 rings (SSSR count). The number of anilines is 1. The van der Waals surface area contributed by atoms with Gasteiger partial charge in [0.05, 0.1) is 5.39 Å². The van der Waals surface area contributed by atoms with Gasteiger partial charge in [0.15, 0.2) is 0 Å². The maximum absolute atomic E-state index is 11.8. The Bertz CT molecular complexity index is 855. The van der Waals surface area contributed by atoms with Crippen molar-refractivity contribution in [2.75, 3.05) is 24.2 Å². The van der Waals surface area contributed by atoms with E-state index in [1.165, 1.54) is 17.0 Å². The van der Waals surface area contributed by atoms with Crippen molar-refractivity contribution in [3.63, 3.8) is 0 Å². The van der Waals surface area contributed by atoms with Gasteiger partial charge in [0, 0.05) is 32.4 Å². The van der Waals surface area contributed by atoms with Gasteiger partial charge in [0.2, 0.25) is 0 Å². The first-order valence-electron chi connectivity index (χ1n) is 8.45. The molecule has 1 saturated heterocycles. The molecule has 1 aliphatic rings. The first-order chi connectivity index (χ1) is 11.8. The zero-order valence-electron chi connectivity index (χ0n) is 14.2. The monoisotopic (exact) mass is 366 g/mol. The summed E-state index contributed by atoms with van der Waals surface area (Å²) in [6.45, 7) is 1.69. The zero-order chi connectivity index (χ0) is 18.0. The van der Waals surface area contributed by atoms with E-state index in [-0.39, 0.29) is 11.7 Å². The van der Waals surface area contributed by atoms with Gasteiger partial charge in [-0.25, -0.2) is 9.97 Å². The van der Waals surface area contributed by atoms with E-state index in [0.717, 1.165) is 43.6 Å². The molecule has 0 radical (unpaired) electrons. The van der Waals surface area contributed by atoms with Crippen LogP contribution in [0.15, 0.2) is 23.3 Å². The first kappa shape index (κ1) is 18.0. The molecular formula is C16H23N4O4P. The Morgan fingerprint density at radius 2 is 1.96 bits per heavy atom. The highest BCUT2D eigenvalue weighted by molar-refractivity contribution is 7.51. The number of fused-ring (bicyclic) bond motifs is 1. The molecule has 2 N–H and O–H groups in total. The lowest BCUT2D eigenvalue weighted by Crippen LogP contribution is -2.34. The third-order valence-corrected chi connectivity index (χ3v) is 5.76. The smallest absolute Gasteiger partial charge is 0.325 e. The molecular weight excluding hydrogens is 343 g/mol. The van der Waals surface area contributed by atoms with E-state index < -0.39 is 7.60 Å². The summed E-state index contributed by atoms with van der Waals surface area (Å²) in [5.41, 5.74) is 0.530. The largest absolute Gasteiger partial charge is 0.356 e. The number of nitrogens with zero attached hydrogens (tertiary/aromatic N) is 4. The summed E-state index contributed by atoms with van der Waals surface area (Å²) in [5, 5.41) is 0.865. The minimum absolute atomic E-state index is 0.0300. The van der Waals surface area contributed by atoms with Gasteiger partial charge in [-0.2, -0.15) is 0 Å². The predicted octanol–water partition coefficient (Wildman–Crippen LogP) is 1.50. The molecule has 0 aromatic carbocycles. The van der Waals surface area contributed by atoms with Crippen LogP contribution in [0.25, 0.3) is 11.0 Å². The summed E-state index contributed by atoms with van der Waals surface area (Å²) in [6.07, 6.45) is 4.81. The van der Waals surface area contributed by atoms with Crippen molar-refractivity contribution in [2.45, 2.75) is 25.7 Å². The molecule has 9 heteroatoms. The van der Waals surface area contributed by atoms with Crippen LogP contribution in [-0.4, -0.2) is 43.6 Å². The molecule has 1 aliphatic heterocycles. The van der Waals surface area contributed by atoms with E-state index in [0.29, 0.717) is 18.0 Å². The van der Waals surface area contributed by atoms with Crippen LogP contribution < -0.4 is 10.5 Å². The van der Waals surface area contributed by atoms with Crippen LogP contribution in [0.2, 0.25) is 0 Å². The molecule has 0 amide bonds. The number of hydrogen-bond acceptors (Lipinski definition) is 5. The van der Waals surface area contributed by atoms with E-state index in [4.69, 9.17) is 9.79 Å². The fourth-order valence-electron chi connectivity index (χ4n) is 3.44. The van der Waals surface area contributed by atoms with E-state index in [1.54, 1.807) is 13.1 Å². The fourth-order valence-corrected chi connectivity index (χ4v) is 4.03. The van der Waals surface area contributed by atoms with E-state index in [2.05, 4.69) is 14.9 Å². The van der Waals surface area contributed by atoms with Crippen molar-refractivity contribution in [3.8, 4) is 0 Å². The highest BCUT2D eigenvalue weighted by Crippen LogP contribution is 2.37. The standard InChI is InChI=1S/C16H23N4O4P/c1-19-14(21)5-4-13-15(19)17-11-18-16(13)20-8-6-12(7-9-20)3-2-10-25(22,23)24/h4-5,11-12H,2-3,6-10H2,1H3,(H2,22,23,24). The van der Waals surface area contributed by atoms with Gasteiger partial charge >= 0.3 is 7.60 Å². The summed E-state index contributed by atoms with van der Waals surface area (Å²) >= 11 is 0. The Hall–Kier alpha value is -1.76. The summed E-state index contributed by atoms with van der Waals surface area (Å²) in [5.74, 6) is 1.33. The van der Waals surface area contributed by atoms with Crippen molar-refractivity contribution < 1.29 is 14.4 Å². The summed E-state index contributed by atoms with van der Waals surface area (Å²) in [7, 11) is -2.18. The second-order valence-corrected chi connectivity index (χ2v) is 8.40. The van der Waals surface area contributed by atoms with Crippen LogP contribution in [-0.2, 0) is 11.6 Å². The topological polar surface area (TPSA) is 109 Å². The maximum Gasteiger partial charge on any atom is 0.325 e. The van der Waals surface area contributed by atoms with Gasteiger partial charge in [0.25, 0.3) is 5.56 Å². The molecule has 136 valence electrons. The molecule has 2 aromatic rings. The van der Waals surface area contributed by atoms with E-state index in [9.17, 15) is 9.36 Å². The van der Waals surface area contributed by atoms with E-state index >= 15 is 0 Å². The Morgan fingerprint density at radius 1 is 1.24 bits per heavy atom. The summed E-state index contributed by atoms with van der Waals surface area (Å²) in [6, 6.07) is 3.31. The highest BCUT2D eigenvalue weighted by Gasteiger charge is 2.23. The average Bonchev–Trinajstić information content (AvgIpc) is 2.57. The molecule has 8 nitrogen and oxygen atoms in total. The number of pyridine rings is 1. The van der Waals surface area contributed by atoms with Crippen LogP contribution in [0.4, 0.5) is 5.82 Å². The van der Waals surface area contributed by atoms with Crippen LogP contribution in [0.1, 0.15) is 25.7 Å². The highest BCUT2D eigenvalue weighted by atomic mass is 31.2. The molecule has 0 atom stereocenters. The first-order valence-corrected chi connectivity index (χ1v) is 10.3. The second kappa shape index (κ2) is 7.23. The number of aryl methyl sites for hydroxylation is 1. The summed E-state index contributed by atoms with van der Waals surface area (Å²) in [4.78, 5) is 40.5. The zero-order valence-corrected chi connectivity index (χ0v) is 15.1. The normalized spacial score (nSPS) is 16.5. The van der Waals surface area contributed by atoms with Gasteiger partial charge < -0.3 is 14.7 Å². The minimum Gasteiger partial charge on any atom is -0.356 e. The number of hydrogen-bond donors (Lipinski definition) is 2. The average molecular weight is 366 g/mol. The van der Waals surface area contributed by atoms with Crippen molar-refractivity contribution in [1.82, 2.24) is 14.5 Å². The molecule has 0 aliphatic carbocycles. The van der Waals surface area contributed by atoms with E-state index in [1.807, 2.05) is 0 Å². The molecule has 3 heterocycles. The lowest BCUT2D eigenvalue weighted by atomic mass is 9.92. The maximum atomic E-state index is 11.8. The van der Waals surface area contributed by atoms with Crippen molar-refractivity contribution in [3.05, 3.63) is 28.8 Å². The Kier molecular flexibility index (Phi) is 5.22. The van der Waals surface area contributed by atoms with Gasteiger partial charge in [-0.05, 0) is 37.7 Å². The molecule has 25 heavy (non-hydrogen) atoms. The summed E-state index contributed by atoms with van der Waals surface area (Å²) < 4.78 is 12.5. The lowest BCUT2D eigenvalue weighted by Gasteiger charge is -2.33. The fraction of sp³-hybridized carbons (Fsp3) is 0.562. The number of rotatable bonds is 5. The second-order valence-electron chi connectivity index (χ2n) is 6.63. The molecule has 0 saturated carbocycles. The minimum atomic E-state index is -3.88. The number of piperidine rings is 1. The third-order valence-electron chi connectivity index (χ3n) is 4.86. The van der Waals surface area contributed by atoms with Crippen LogP contribution in [0.5, 0.6) is 0 Å². The van der Waals surface area contributed by atoms with Crippen molar-refractivity contribution in [2.24, 2.45) is 13.0 Å². The van der Waals surface area contributed by atoms with Crippen LogP contribution in [0, 0.1) is 5.92 Å². The van der Waals surface area contributed by atoms with Crippen molar-refractivity contribution >= 4 is 24.4 Å². The van der Waals surface area contributed by atoms with Crippen LogP contribution in [0.3, 0.4) is 0 Å². The molecule has 0 unspecified atom stereocenters.